The molecule has 0 heterocycles. The molecule has 0 aromatic heterocycles. The Kier molecular flexibility index (Phi) is 11.3. The van der Waals surface area contributed by atoms with Crippen molar-refractivity contribution in [1.29, 1.82) is 0 Å². The lowest BCUT2D eigenvalue weighted by Gasteiger charge is -2.23. The fourth-order valence-electron chi connectivity index (χ4n) is 3.04. The number of halogens is 2. The molecule has 0 spiro atoms. The summed E-state index contributed by atoms with van der Waals surface area (Å²) in [6.07, 6.45) is -0.0762. The number of hydrogen-bond acceptors (Lipinski definition) is 4. The normalized spacial score (nSPS) is 15.5. The summed E-state index contributed by atoms with van der Waals surface area (Å²) in [7, 11) is -3.71. The molecule has 0 radical (unpaired) electrons. The van der Waals surface area contributed by atoms with Gasteiger partial charge in [-0.15, -0.1) is 0 Å². The summed E-state index contributed by atoms with van der Waals surface area (Å²) in [5, 5.41) is 21.8. The van der Waals surface area contributed by atoms with Crippen LogP contribution in [0.25, 0.3) is 0 Å². The van der Waals surface area contributed by atoms with Crippen LogP contribution in [0.4, 0.5) is 0 Å². The van der Waals surface area contributed by atoms with E-state index in [1.807, 2.05) is 40.8 Å². The third kappa shape index (κ3) is 8.47. The molecule has 0 fully saturated rings. The number of hydrogen-bond donors (Lipinski definition) is 5. The van der Waals surface area contributed by atoms with Crippen LogP contribution in [0.1, 0.15) is 18.1 Å². The van der Waals surface area contributed by atoms with Crippen molar-refractivity contribution in [2.24, 2.45) is 5.92 Å². The molecule has 0 aliphatic carbocycles. The molecule has 0 bridgehead atoms. The maximum atomic E-state index is 13.0. The van der Waals surface area contributed by atoms with E-state index in [2.05, 4.69) is 11.1 Å². The quantitative estimate of drug-likeness (QED) is 0.163. The van der Waals surface area contributed by atoms with Crippen molar-refractivity contribution in [3.8, 4) is 5.75 Å². The first-order chi connectivity index (χ1) is 14.5. The number of amides is 1. The monoisotopic (exact) mass is 640 g/mol. The Morgan fingerprint density at radius 2 is 1.75 bits per heavy atom. The van der Waals surface area contributed by atoms with Crippen LogP contribution in [-0.2, 0) is 27.0 Å². The predicted molar refractivity (Wildman–Crippen MR) is 125 cm³/mol. The van der Waals surface area contributed by atoms with Crippen molar-refractivity contribution in [2.45, 2.75) is 31.6 Å². The summed E-state index contributed by atoms with van der Waals surface area (Å²) < 4.78 is 13.1. The lowest BCUT2D eigenvalue weighted by molar-refractivity contribution is -0.385. The number of phenolic OH excluding ortho intramolecular Hbond substituents is 1. The second kappa shape index (κ2) is 12.7. The summed E-state index contributed by atoms with van der Waals surface area (Å²) in [5.41, 5.74) is 5.07. The van der Waals surface area contributed by atoms with Crippen molar-refractivity contribution in [2.75, 3.05) is 6.16 Å². The van der Waals surface area contributed by atoms with Crippen LogP contribution in [0, 0.1) is 9.49 Å². The average Bonchev–Trinajstić information content (AvgIpc) is 2.70. The fourth-order valence-corrected chi connectivity index (χ4v) is 4.90. The van der Waals surface area contributed by atoms with Crippen molar-refractivity contribution in [3.05, 3.63) is 63.2 Å². The van der Waals surface area contributed by atoms with E-state index < -0.39 is 37.0 Å². The number of carboxylic acid groups (broad SMARTS) is 1. The zero-order valence-electron chi connectivity index (χ0n) is 17.4. The second-order valence-electron chi connectivity index (χ2n) is 7.56. The molecule has 11 heteroatoms. The lowest BCUT2D eigenvalue weighted by atomic mass is 9.99. The maximum Gasteiger partial charge on any atom is 0.326 e. The van der Waals surface area contributed by atoms with Gasteiger partial charge in [-0.25, -0.2) is 4.79 Å². The van der Waals surface area contributed by atoms with Crippen molar-refractivity contribution in [1.82, 2.24) is 5.32 Å². The Labute approximate surface area is 211 Å². The van der Waals surface area contributed by atoms with Gasteiger partial charge in [0.25, 0.3) is 7.37 Å². The molecule has 0 saturated carbocycles. The zero-order valence-corrected chi connectivity index (χ0v) is 22.1. The summed E-state index contributed by atoms with van der Waals surface area (Å²) in [5.74, 6) is -3.37. The van der Waals surface area contributed by atoms with E-state index in [1.165, 1.54) is 13.0 Å². The van der Waals surface area contributed by atoms with Gasteiger partial charge in [-0.05, 0) is 59.2 Å². The van der Waals surface area contributed by atoms with Crippen molar-refractivity contribution in [3.63, 3.8) is 0 Å². The molecule has 1 unspecified atom stereocenters. The number of carboxylic acids is 1. The van der Waals surface area contributed by atoms with Crippen LogP contribution in [0.5, 0.6) is 5.75 Å². The van der Waals surface area contributed by atoms with Crippen LogP contribution in [0.15, 0.2) is 48.5 Å². The molecule has 32 heavy (non-hydrogen) atoms. The highest BCUT2D eigenvalue weighted by Crippen LogP contribution is 2.45. The molecule has 176 valence electrons. The summed E-state index contributed by atoms with van der Waals surface area (Å²) >= 11 is 1.93. The van der Waals surface area contributed by atoms with E-state index in [4.69, 9.17) is 0 Å². The molecule has 2 rings (SSSR count). The van der Waals surface area contributed by atoms with Gasteiger partial charge < -0.3 is 43.1 Å². The van der Waals surface area contributed by atoms with E-state index in [0.717, 1.165) is 5.56 Å². The van der Waals surface area contributed by atoms with Gasteiger partial charge in [-0.2, -0.15) is 0 Å². The molecular formula is C21H27BrIN2O6P. The maximum absolute atomic E-state index is 13.0. The Morgan fingerprint density at radius 3 is 2.28 bits per heavy atom. The average molecular weight is 641 g/mol. The molecule has 0 saturated heterocycles. The number of phenols is 1. The van der Waals surface area contributed by atoms with E-state index in [-0.39, 0.29) is 41.7 Å². The number of carbonyl (C=O) groups is 2. The summed E-state index contributed by atoms with van der Waals surface area (Å²) in [6, 6.07) is 12.5. The SMILES string of the molecule is C[C@H]([NH3+])P(=O)(O)C[C@@H](Cc1ccccc1)C(=O)N[C@@H](Cc1ccc(O)c(I)c1)C(=O)O.[Br-]. The molecule has 2 aromatic carbocycles. The first-order valence-corrected chi connectivity index (χ1v) is 12.7. The van der Waals surface area contributed by atoms with E-state index in [1.54, 1.807) is 24.3 Å². The topological polar surface area (TPSA) is 152 Å². The first-order valence-electron chi connectivity index (χ1n) is 9.68. The second-order valence-corrected chi connectivity index (χ2v) is 11.5. The van der Waals surface area contributed by atoms with E-state index in [0.29, 0.717) is 9.13 Å². The standard InChI is InChI=1S/C21H26IN2O6P.BrH/c1-13(23)31(29,30)12-16(9-14-5-3-2-4-6-14)20(26)24-18(21(27)28)11-15-7-8-19(25)17(22)10-15;/h2-8,10,13,16,18,25H,9,11-12,23H2,1H3,(H,24,26)(H,27,28)(H,29,30);1H/t13-,16-,18+;/m1./s1. The molecular weight excluding hydrogens is 614 g/mol. The molecule has 2 aromatic rings. The Morgan fingerprint density at radius 1 is 1.12 bits per heavy atom. The van der Waals surface area contributed by atoms with Gasteiger partial charge in [0.2, 0.25) is 5.91 Å². The third-order valence-corrected chi connectivity index (χ3v) is 8.14. The van der Waals surface area contributed by atoms with Crippen molar-refractivity contribution < 1.29 is 52.0 Å². The highest BCUT2D eigenvalue weighted by atomic mass is 127. The highest BCUT2D eigenvalue weighted by Gasteiger charge is 2.35. The number of rotatable bonds is 10. The van der Waals surface area contributed by atoms with Crippen LogP contribution in [0.2, 0.25) is 0 Å². The van der Waals surface area contributed by atoms with Gasteiger partial charge in [0.1, 0.15) is 11.8 Å². The number of aromatic hydroxyl groups is 1. The molecule has 0 aliphatic heterocycles. The smallest absolute Gasteiger partial charge is 0.326 e. The highest BCUT2D eigenvalue weighted by molar-refractivity contribution is 14.1. The van der Waals surface area contributed by atoms with E-state index >= 15 is 0 Å². The third-order valence-electron chi connectivity index (χ3n) is 4.93. The molecule has 1 amide bonds. The van der Waals surface area contributed by atoms with Crippen LogP contribution < -0.4 is 28.0 Å². The van der Waals surface area contributed by atoms with Crippen molar-refractivity contribution >= 4 is 41.8 Å². The van der Waals surface area contributed by atoms with Crippen LogP contribution >= 0.6 is 30.0 Å². The largest absolute Gasteiger partial charge is 1.00 e. The van der Waals surface area contributed by atoms with Gasteiger partial charge in [-0.3, -0.25) is 9.36 Å². The van der Waals surface area contributed by atoms with Gasteiger partial charge in [0, 0.05) is 12.6 Å². The van der Waals surface area contributed by atoms with Gasteiger partial charge in [0.15, 0.2) is 5.78 Å². The number of quaternary nitrogens is 1. The Balaban J connectivity index is 0.00000512. The minimum Gasteiger partial charge on any atom is -1.00 e. The molecule has 8 nitrogen and oxygen atoms in total. The minimum absolute atomic E-state index is 0. The van der Waals surface area contributed by atoms with Gasteiger partial charge in [0.05, 0.1) is 9.49 Å². The number of carbonyl (C=O) groups excluding carboxylic acids is 1. The molecule has 7 N–H and O–H groups in total. The van der Waals surface area contributed by atoms with Crippen LogP contribution in [0.3, 0.4) is 0 Å². The van der Waals surface area contributed by atoms with Gasteiger partial charge >= 0.3 is 5.97 Å². The summed E-state index contributed by atoms with van der Waals surface area (Å²) in [4.78, 5) is 35.1. The predicted octanol–water partition coefficient (Wildman–Crippen LogP) is -1.17. The Bertz CT molecular complexity index is 976. The zero-order chi connectivity index (χ0) is 23.2. The molecule has 0 aliphatic rings. The van der Waals surface area contributed by atoms with E-state index in [9.17, 15) is 29.3 Å². The Hall–Kier alpha value is -1.46. The number of nitrogens with one attached hydrogen (secondary N) is 1. The fraction of sp³-hybridized carbons (Fsp3) is 0.333. The first kappa shape index (κ1) is 28.6. The molecule has 4 atom stereocenters. The van der Waals surface area contributed by atoms with Gasteiger partial charge in [-0.1, -0.05) is 36.4 Å². The van der Waals surface area contributed by atoms with Crippen LogP contribution in [-0.4, -0.2) is 45.0 Å². The number of benzene rings is 2. The summed E-state index contributed by atoms with van der Waals surface area (Å²) in [6.45, 7) is 1.52. The number of aliphatic carboxylic acids is 1. The minimum atomic E-state index is -3.71. The lowest BCUT2D eigenvalue weighted by Crippen LogP contribution is -3.00.